The molecule has 21 heavy (non-hydrogen) atoms. The Labute approximate surface area is 132 Å². The van der Waals surface area contributed by atoms with E-state index in [0.29, 0.717) is 18.1 Å². The second-order valence-electron chi connectivity index (χ2n) is 6.81. The van der Waals surface area contributed by atoms with E-state index in [4.69, 9.17) is 4.74 Å². The number of amides is 1. The maximum Gasteiger partial charge on any atom is 0.240 e. The van der Waals surface area contributed by atoms with Crippen LogP contribution in [0.3, 0.4) is 0 Å². The van der Waals surface area contributed by atoms with Gasteiger partial charge in [0.2, 0.25) is 5.91 Å². The van der Waals surface area contributed by atoms with Gasteiger partial charge in [-0.1, -0.05) is 6.92 Å². The lowest BCUT2D eigenvalue weighted by molar-refractivity contribution is -0.136. The number of carbonyl (C=O) groups excluding carboxylic acids is 1. The van der Waals surface area contributed by atoms with Gasteiger partial charge in [-0.15, -0.1) is 11.8 Å². The zero-order chi connectivity index (χ0) is 14.7. The molecule has 3 fully saturated rings. The molecule has 3 aliphatic rings. The number of nitrogens with one attached hydrogen (secondary N) is 1. The molecule has 1 saturated carbocycles. The largest absolute Gasteiger partial charge is 0.375 e. The Kier molecular flexibility index (Phi) is 5.46. The molecular formula is C16H28N2O2S. The van der Waals surface area contributed by atoms with E-state index >= 15 is 0 Å². The van der Waals surface area contributed by atoms with Crippen molar-refractivity contribution in [3.8, 4) is 0 Å². The fourth-order valence-electron chi connectivity index (χ4n) is 3.62. The summed E-state index contributed by atoms with van der Waals surface area (Å²) in [6, 6.07) is 0.0484. The Balaban J connectivity index is 1.39. The minimum absolute atomic E-state index is 0.0484. The molecule has 2 heterocycles. The number of carbonyl (C=O) groups is 1. The van der Waals surface area contributed by atoms with Crippen LogP contribution in [0.5, 0.6) is 0 Å². The van der Waals surface area contributed by atoms with Crippen LogP contribution in [0, 0.1) is 5.92 Å². The molecule has 1 N–H and O–H groups in total. The second-order valence-corrected chi connectivity index (χ2v) is 7.84. The smallest absolute Gasteiger partial charge is 0.240 e. The fraction of sp³-hybridized carbons (Fsp3) is 0.938. The van der Waals surface area contributed by atoms with Gasteiger partial charge in [0.05, 0.1) is 18.2 Å². The maximum absolute atomic E-state index is 12.3. The average Bonchev–Trinajstić information content (AvgIpc) is 3.04. The molecule has 5 heteroatoms. The van der Waals surface area contributed by atoms with Crippen LogP contribution in [0.2, 0.25) is 0 Å². The first kappa shape index (κ1) is 15.6. The summed E-state index contributed by atoms with van der Waals surface area (Å²) in [5, 5.41) is 3.28. The van der Waals surface area contributed by atoms with Gasteiger partial charge in [-0.3, -0.25) is 10.1 Å². The van der Waals surface area contributed by atoms with Crippen molar-refractivity contribution in [3.63, 3.8) is 0 Å². The Bertz CT molecular complexity index is 344. The van der Waals surface area contributed by atoms with Crippen molar-refractivity contribution in [1.82, 2.24) is 10.2 Å². The molecule has 3 rings (SSSR count). The van der Waals surface area contributed by atoms with Crippen LogP contribution in [-0.2, 0) is 9.53 Å². The highest BCUT2D eigenvalue weighted by atomic mass is 32.2. The lowest BCUT2D eigenvalue weighted by Crippen LogP contribution is -2.49. The van der Waals surface area contributed by atoms with Crippen molar-refractivity contribution < 1.29 is 9.53 Å². The van der Waals surface area contributed by atoms with Crippen molar-refractivity contribution in [2.24, 2.45) is 5.92 Å². The lowest BCUT2D eigenvalue weighted by Gasteiger charge is -2.36. The van der Waals surface area contributed by atoms with E-state index in [1.54, 1.807) is 0 Å². The number of piperidine rings is 1. The first-order chi connectivity index (χ1) is 10.2. The van der Waals surface area contributed by atoms with Gasteiger partial charge in [0.15, 0.2) is 0 Å². The summed E-state index contributed by atoms with van der Waals surface area (Å²) in [6.45, 7) is 4.08. The van der Waals surface area contributed by atoms with Gasteiger partial charge in [0.1, 0.15) is 0 Å². The second kappa shape index (κ2) is 7.34. The predicted molar refractivity (Wildman–Crippen MR) is 86.4 cm³/mol. The SMILES string of the molecule is CC1CCC(OC2CCN(C(=O)C3CSCN3)CC2)CC1. The van der Waals surface area contributed by atoms with Crippen molar-refractivity contribution in [3.05, 3.63) is 0 Å². The average molecular weight is 312 g/mol. The maximum atomic E-state index is 12.3. The van der Waals surface area contributed by atoms with Crippen LogP contribution in [0.1, 0.15) is 45.4 Å². The molecular weight excluding hydrogens is 284 g/mol. The zero-order valence-corrected chi connectivity index (χ0v) is 13.9. The summed E-state index contributed by atoms with van der Waals surface area (Å²) in [6.07, 6.45) is 7.95. The van der Waals surface area contributed by atoms with E-state index in [2.05, 4.69) is 12.2 Å². The lowest BCUT2D eigenvalue weighted by atomic mass is 9.88. The molecule has 0 radical (unpaired) electrons. The van der Waals surface area contributed by atoms with E-state index in [1.807, 2.05) is 16.7 Å². The summed E-state index contributed by atoms with van der Waals surface area (Å²) < 4.78 is 6.28. The minimum Gasteiger partial charge on any atom is -0.375 e. The topological polar surface area (TPSA) is 41.6 Å². The Hall–Kier alpha value is -0.260. The number of hydrogen-bond donors (Lipinski definition) is 1. The Morgan fingerprint density at radius 2 is 1.76 bits per heavy atom. The van der Waals surface area contributed by atoms with E-state index in [-0.39, 0.29) is 6.04 Å². The van der Waals surface area contributed by atoms with Crippen molar-refractivity contribution in [2.45, 2.75) is 63.7 Å². The monoisotopic (exact) mass is 312 g/mol. The van der Waals surface area contributed by atoms with Crippen LogP contribution in [-0.4, -0.2) is 53.8 Å². The summed E-state index contributed by atoms with van der Waals surface area (Å²) >= 11 is 1.82. The molecule has 120 valence electrons. The third-order valence-corrected chi connectivity index (χ3v) is 6.06. The van der Waals surface area contributed by atoms with Gasteiger partial charge in [0.25, 0.3) is 0 Å². The molecule has 0 aromatic rings. The van der Waals surface area contributed by atoms with Gasteiger partial charge in [-0.05, 0) is 44.4 Å². The van der Waals surface area contributed by atoms with E-state index in [0.717, 1.165) is 43.5 Å². The molecule has 4 nitrogen and oxygen atoms in total. The number of rotatable bonds is 3. The number of ether oxygens (including phenoxy) is 1. The molecule has 1 amide bonds. The predicted octanol–water partition coefficient (Wildman–Crippen LogP) is 2.24. The van der Waals surface area contributed by atoms with Gasteiger partial charge in [-0.2, -0.15) is 0 Å². The Morgan fingerprint density at radius 3 is 2.38 bits per heavy atom. The third kappa shape index (κ3) is 4.14. The van der Waals surface area contributed by atoms with Crippen LogP contribution in [0.15, 0.2) is 0 Å². The highest BCUT2D eigenvalue weighted by molar-refractivity contribution is 7.99. The van der Waals surface area contributed by atoms with E-state index < -0.39 is 0 Å². The van der Waals surface area contributed by atoms with Crippen molar-refractivity contribution in [1.29, 1.82) is 0 Å². The van der Waals surface area contributed by atoms with Gasteiger partial charge in [-0.25, -0.2) is 0 Å². The number of hydrogen-bond acceptors (Lipinski definition) is 4. The minimum atomic E-state index is 0.0484. The molecule has 0 aromatic heterocycles. The zero-order valence-electron chi connectivity index (χ0n) is 13.1. The summed E-state index contributed by atoms with van der Waals surface area (Å²) in [5.41, 5.74) is 0. The molecule has 1 unspecified atom stereocenters. The summed E-state index contributed by atoms with van der Waals surface area (Å²) in [7, 11) is 0. The number of thioether (sulfide) groups is 1. The van der Waals surface area contributed by atoms with Gasteiger partial charge < -0.3 is 9.64 Å². The quantitative estimate of drug-likeness (QED) is 0.868. The molecule has 2 saturated heterocycles. The molecule has 0 aromatic carbocycles. The van der Waals surface area contributed by atoms with Gasteiger partial charge >= 0.3 is 0 Å². The Morgan fingerprint density at radius 1 is 1.10 bits per heavy atom. The van der Waals surface area contributed by atoms with Crippen molar-refractivity contribution in [2.75, 3.05) is 24.7 Å². The molecule has 1 aliphatic carbocycles. The van der Waals surface area contributed by atoms with Gasteiger partial charge in [0, 0.05) is 24.7 Å². The fourth-order valence-corrected chi connectivity index (χ4v) is 4.56. The summed E-state index contributed by atoms with van der Waals surface area (Å²) in [5.74, 6) is 3.01. The first-order valence-corrected chi connectivity index (χ1v) is 9.63. The molecule has 1 atom stereocenters. The van der Waals surface area contributed by atoms with Crippen LogP contribution in [0.4, 0.5) is 0 Å². The van der Waals surface area contributed by atoms with Crippen LogP contribution < -0.4 is 5.32 Å². The van der Waals surface area contributed by atoms with E-state index in [9.17, 15) is 4.79 Å². The van der Waals surface area contributed by atoms with Crippen molar-refractivity contribution >= 4 is 17.7 Å². The van der Waals surface area contributed by atoms with Crippen LogP contribution >= 0.6 is 11.8 Å². The first-order valence-electron chi connectivity index (χ1n) is 8.47. The molecule has 0 bridgehead atoms. The molecule has 0 spiro atoms. The van der Waals surface area contributed by atoms with Crippen LogP contribution in [0.25, 0.3) is 0 Å². The third-order valence-electron chi connectivity index (χ3n) is 5.12. The molecule has 2 aliphatic heterocycles. The van der Waals surface area contributed by atoms with E-state index in [1.165, 1.54) is 25.7 Å². The standard InChI is InChI=1S/C16H28N2O2S/c1-12-2-4-13(5-3-12)20-14-6-8-18(9-7-14)16(19)15-10-21-11-17-15/h12-15,17H,2-11H2,1H3. The summed E-state index contributed by atoms with van der Waals surface area (Å²) in [4.78, 5) is 14.4. The highest BCUT2D eigenvalue weighted by Crippen LogP contribution is 2.28. The highest BCUT2D eigenvalue weighted by Gasteiger charge is 2.31. The number of nitrogens with zero attached hydrogens (tertiary/aromatic N) is 1. The normalized spacial score (nSPS) is 35.1. The number of likely N-dealkylation sites (tertiary alicyclic amines) is 1.